The topological polar surface area (TPSA) is 47.3 Å². The number of ether oxygens (including phenoxy) is 1. The molecule has 2 rings (SSSR count). The summed E-state index contributed by atoms with van der Waals surface area (Å²) in [4.78, 5) is 0.882. The summed E-state index contributed by atoms with van der Waals surface area (Å²) in [6, 6.07) is 7.25. The minimum atomic E-state index is -0.383. The lowest BCUT2D eigenvalue weighted by molar-refractivity contribution is 0.163. The minimum Gasteiger partial charge on any atom is -0.475 e. The van der Waals surface area contributed by atoms with Crippen molar-refractivity contribution in [1.29, 1.82) is 0 Å². The van der Waals surface area contributed by atoms with Gasteiger partial charge < -0.3 is 10.1 Å². The van der Waals surface area contributed by atoms with Crippen LogP contribution in [-0.2, 0) is 0 Å². The van der Waals surface area contributed by atoms with Crippen LogP contribution in [0.4, 0.5) is 0 Å². The van der Waals surface area contributed by atoms with Crippen molar-refractivity contribution >= 4 is 28.8 Å². The van der Waals surface area contributed by atoms with Crippen LogP contribution in [0.2, 0.25) is 5.02 Å². The lowest BCUT2D eigenvalue weighted by Crippen LogP contribution is -2.37. The van der Waals surface area contributed by atoms with Crippen molar-refractivity contribution in [2.24, 2.45) is 11.1 Å². The minimum absolute atomic E-state index is 0.0622. The highest BCUT2D eigenvalue weighted by atomic mass is 35.5. The Morgan fingerprint density at radius 3 is 3.00 bits per heavy atom. The monoisotopic (exact) mass is 284 g/mol. The second-order valence-electron chi connectivity index (χ2n) is 4.88. The van der Waals surface area contributed by atoms with Crippen molar-refractivity contribution in [3.8, 4) is 5.75 Å². The number of nitrogens with one attached hydrogen (secondary N) is 1. The van der Waals surface area contributed by atoms with Crippen molar-refractivity contribution in [1.82, 2.24) is 5.32 Å². The molecule has 0 spiro atoms. The predicted molar refractivity (Wildman–Crippen MR) is 78.0 cm³/mol. The van der Waals surface area contributed by atoms with E-state index in [1.807, 2.05) is 12.1 Å². The molecule has 0 radical (unpaired) electrons. The van der Waals surface area contributed by atoms with E-state index in [1.165, 1.54) is 0 Å². The number of thiocarbonyl (C=S) groups is 1. The fourth-order valence-electron chi connectivity index (χ4n) is 2.17. The molecule has 1 heterocycles. The molecule has 98 valence electrons. The molecule has 1 fully saturated rings. The first kappa shape index (κ1) is 13.6. The zero-order valence-corrected chi connectivity index (χ0v) is 11.9. The summed E-state index contributed by atoms with van der Waals surface area (Å²) in [5, 5.41) is 3.83. The van der Waals surface area contributed by atoms with Gasteiger partial charge in [0.05, 0.1) is 4.99 Å². The van der Waals surface area contributed by atoms with Gasteiger partial charge in [-0.1, -0.05) is 36.8 Å². The van der Waals surface area contributed by atoms with Gasteiger partial charge in [-0.2, -0.15) is 0 Å². The highest BCUT2D eigenvalue weighted by Gasteiger charge is 2.36. The van der Waals surface area contributed by atoms with Crippen LogP contribution in [0.15, 0.2) is 24.3 Å². The van der Waals surface area contributed by atoms with Gasteiger partial charge in [-0.3, -0.25) is 5.73 Å². The summed E-state index contributed by atoms with van der Waals surface area (Å²) in [7, 11) is 0. The Morgan fingerprint density at radius 2 is 2.39 bits per heavy atom. The molecule has 1 aliphatic rings. The molecule has 0 aromatic heterocycles. The Kier molecular flexibility index (Phi) is 4.10. The van der Waals surface area contributed by atoms with Gasteiger partial charge in [0.15, 0.2) is 0 Å². The van der Waals surface area contributed by atoms with Crippen LogP contribution >= 0.6 is 23.8 Å². The number of rotatable bonds is 4. The molecule has 2 atom stereocenters. The number of nitrogens with two attached hydrogens (primary N) is 1. The summed E-state index contributed by atoms with van der Waals surface area (Å²) < 4.78 is 5.68. The molecular formula is C13H17ClN2OS. The molecule has 1 saturated heterocycles. The van der Waals surface area contributed by atoms with E-state index in [9.17, 15) is 0 Å². The Morgan fingerprint density at radius 1 is 1.61 bits per heavy atom. The fourth-order valence-corrected chi connectivity index (χ4v) is 2.64. The summed E-state index contributed by atoms with van der Waals surface area (Å²) in [5.41, 5.74) is 5.97. The van der Waals surface area contributed by atoms with Crippen molar-refractivity contribution in [3.63, 3.8) is 0 Å². The van der Waals surface area contributed by atoms with Gasteiger partial charge in [0.1, 0.15) is 12.0 Å². The zero-order valence-electron chi connectivity index (χ0n) is 10.3. The van der Waals surface area contributed by atoms with E-state index in [0.29, 0.717) is 17.2 Å². The van der Waals surface area contributed by atoms with Crippen LogP contribution in [0.3, 0.4) is 0 Å². The van der Waals surface area contributed by atoms with Gasteiger partial charge >= 0.3 is 0 Å². The van der Waals surface area contributed by atoms with E-state index in [4.69, 9.17) is 34.3 Å². The van der Waals surface area contributed by atoms with Crippen molar-refractivity contribution in [3.05, 3.63) is 29.3 Å². The third-order valence-electron chi connectivity index (χ3n) is 3.25. The van der Waals surface area contributed by atoms with Crippen molar-refractivity contribution < 1.29 is 4.74 Å². The highest BCUT2D eigenvalue weighted by Crippen LogP contribution is 2.32. The first-order valence-electron chi connectivity index (χ1n) is 5.96. The average Bonchev–Trinajstić information content (AvgIpc) is 2.58. The lowest BCUT2D eigenvalue weighted by atomic mass is 9.85. The second-order valence-corrected chi connectivity index (χ2v) is 5.73. The van der Waals surface area contributed by atoms with E-state index in [2.05, 4.69) is 12.2 Å². The molecule has 18 heavy (non-hydrogen) atoms. The molecule has 0 saturated carbocycles. The molecule has 3 nitrogen and oxygen atoms in total. The summed E-state index contributed by atoms with van der Waals surface area (Å²) in [6.07, 6.45) is 1.32. The smallest absolute Gasteiger partial charge is 0.148 e. The summed E-state index contributed by atoms with van der Waals surface area (Å²) in [6.45, 7) is 3.04. The molecule has 0 bridgehead atoms. The zero-order chi connectivity index (χ0) is 13.2. The third-order valence-corrected chi connectivity index (χ3v) is 4.12. The van der Waals surface area contributed by atoms with E-state index in [0.717, 1.165) is 18.0 Å². The van der Waals surface area contributed by atoms with Gasteiger partial charge in [-0.05, 0) is 24.6 Å². The maximum Gasteiger partial charge on any atom is 0.148 e. The Hall–Kier alpha value is -0.840. The number of benzene rings is 1. The molecule has 1 aliphatic heterocycles. The average molecular weight is 285 g/mol. The molecule has 0 amide bonds. The number of halogens is 1. The molecular weight excluding hydrogens is 268 g/mol. The predicted octanol–water partition coefficient (Wildman–Crippen LogP) is 2.72. The van der Waals surface area contributed by atoms with Crippen LogP contribution in [0.25, 0.3) is 0 Å². The first-order valence-corrected chi connectivity index (χ1v) is 6.74. The van der Waals surface area contributed by atoms with E-state index in [1.54, 1.807) is 12.1 Å². The third kappa shape index (κ3) is 3.13. The van der Waals surface area contributed by atoms with Crippen LogP contribution in [0.5, 0.6) is 5.75 Å². The second kappa shape index (κ2) is 5.43. The molecule has 5 heteroatoms. The largest absolute Gasteiger partial charge is 0.475 e. The quantitative estimate of drug-likeness (QED) is 0.659. The standard InChI is InChI=1S/C13H17ClN2OS/c1-13(5-6-16-12(13)18)8-11(15)17-10-4-2-3-9(14)7-10/h2-4,7,11H,5-6,8,15H2,1H3,(H,16,18). The van der Waals surface area contributed by atoms with Crippen LogP contribution < -0.4 is 15.8 Å². The van der Waals surface area contributed by atoms with Gasteiger partial charge in [0.2, 0.25) is 0 Å². The van der Waals surface area contributed by atoms with Crippen molar-refractivity contribution in [2.45, 2.75) is 26.0 Å². The Labute approximate surface area is 118 Å². The lowest BCUT2D eigenvalue weighted by Gasteiger charge is -2.26. The molecule has 3 N–H and O–H groups in total. The van der Waals surface area contributed by atoms with Crippen LogP contribution in [0.1, 0.15) is 19.8 Å². The Bertz CT molecular complexity index is 454. The molecule has 0 aliphatic carbocycles. The summed E-state index contributed by atoms with van der Waals surface area (Å²) >= 11 is 11.2. The van der Waals surface area contributed by atoms with Crippen molar-refractivity contribution in [2.75, 3.05) is 6.54 Å². The van der Waals surface area contributed by atoms with Gasteiger partial charge in [0, 0.05) is 23.4 Å². The van der Waals surface area contributed by atoms with E-state index >= 15 is 0 Å². The van der Waals surface area contributed by atoms with Gasteiger partial charge in [0.25, 0.3) is 0 Å². The maximum absolute atomic E-state index is 6.03. The highest BCUT2D eigenvalue weighted by molar-refractivity contribution is 7.80. The first-order chi connectivity index (χ1) is 8.49. The van der Waals surface area contributed by atoms with Crippen LogP contribution in [-0.4, -0.2) is 17.8 Å². The number of hydrogen-bond acceptors (Lipinski definition) is 3. The molecule has 1 aromatic rings. The number of hydrogen-bond donors (Lipinski definition) is 2. The fraction of sp³-hybridized carbons (Fsp3) is 0.462. The Balaban J connectivity index is 1.96. The maximum atomic E-state index is 6.03. The van der Waals surface area contributed by atoms with Gasteiger partial charge in [-0.15, -0.1) is 0 Å². The van der Waals surface area contributed by atoms with E-state index in [-0.39, 0.29) is 11.6 Å². The van der Waals surface area contributed by atoms with Gasteiger partial charge in [-0.25, -0.2) is 0 Å². The summed E-state index contributed by atoms with van der Waals surface area (Å²) in [5.74, 6) is 0.690. The molecule has 1 aromatic carbocycles. The van der Waals surface area contributed by atoms with Crippen LogP contribution in [0, 0.1) is 5.41 Å². The normalized spacial score (nSPS) is 24.7. The SMILES string of the molecule is CC1(CC(N)Oc2cccc(Cl)c2)CCNC1=S. The molecule has 2 unspecified atom stereocenters. The van der Waals surface area contributed by atoms with E-state index < -0.39 is 0 Å².